The van der Waals surface area contributed by atoms with Crippen LogP contribution in [-0.4, -0.2) is 8.42 Å². The van der Waals surface area contributed by atoms with Gasteiger partial charge in [0.15, 0.2) is 0 Å². The zero-order chi connectivity index (χ0) is 14.2. The predicted octanol–water partition coefficient (Wildman–Crippen LogP) is 2.77. The van der Waals surface area contributed by atoms with Gasteiger partial charge in [-0.05, 0) is 43.2 Å². The minimum absolute atomic E-state index is 0.0644. The number of benzene rings is 1. The van der Waals surface area contributed by atoms with E-state index in [4.69, 9.17) is 4.42 Å². The molecule has 0 unspecified atom stereocenters. The van der Waals surface area contributed by atoms with Gasteiger partial charge in [0, 0.05) is 12.0 Å². The van der Waals surface area contributed by atoms with Crippen LogP contribution in [0.2, 0.25) is 0 Å². The van der Waals surface area contributed by atoms with Crippen LogP contribution in [0, 0.1) is 5.82 Å². The third-order valence-electron chi connectivity index (χ3n) is 3.47. The second-order valence-corrected chi connectivity index (χ2v) is 6.53. The second kappa shape index (κ2) is 5.03. The van der Waals surface area contributed by atoms with Gasteiger partial charge in [0.05, 0.1) is 17.2 Å². The Morgan fingerprint density at radius 1 is 1.20 bits per heavy atom. The Morgan fingerprint density at radius 3 is 2.70 bits per heavy atom. The summed E-state index contributed by atoms with van der Waals surface area (Å²) in [6, 6.07) is 6.31. The highest BCUT2D eigenvalue weighted by Crippen LogP contribution is 2.31. The highest BCUT2D eigenvalue weighted by Gasteiger charge is 2.27. The minimum atomic E-state index is -3.66. The van der Waals surface area contributed by atoms with Crippen molar-refractivity contribution in [2.24, 2.45) is 0 Å². The second-order valence-electron chi connectivity index (χ2n) is 4.82. The van der Waals surface area contributed by atoms with E-state index in [9.17, 15) is 12.8 Å². The first-order valence-electron chi connectivity index (χ1n) is 6.40. The van der Waals surface area contributed by atoms with Crippen molar-refractivity contribution in [3.05, 3.63) is 53.7 Å². The fourth-order valence-electron chi connectivity index (χ4n) is 2.48. The van der Waals surface area contributed by atoms with E-state index in [2.05, 4.69) is 4.72 Å². The molecule has 0 saturated heterocycles. The summed E-state index contributed by atoms with van der Waals surface area (Å²) < 4.78 is 45.4. The van der Waals surface area contributed by atoms with Crippen molar-refractivity contribution in [3.63, 3.8) is 0 Å². The zero-order valence-electron chi connectivity index (χ0n) is 10.7. The average molecular weight is 295 g/mol. The third kappa shape index (κ3) is 2.48. The monoisotopic (exact) mass is 295 g/mol. The average Bonchev–Trinajstić information content (AvgIpc) is 2.88. The van der Waals surface area contributed by atoms with Gasteiger partial charge in [0.2, 0.25) is 10.0 Å². The molecule has 4 nitrogen and oxygen atoms in total. The van der Waals surface area contributed by atoms with Crippen LogP contribution in [0.1, 0.15) is 30.2 Å². The molecule has 0 aliphatic heterocycles. The smallest absolute Gasteiger partial charge is 0.241 e. The van der Waals surface area contributed by atoms with Gasteiger partial charge in [-0.15, -0.1) is 0 Å². The number of fused-ring (bicyclic) bond motifs is 1. The van der Waals surface area contributed by atoms with Crippen molar-refractivity contribution in [2.45, 2.75) is 30.2 Å². The molecule has 1 aromatic carbocycles. The lowest BCUT2D eigenvalue weighted by Gasteiger charge is -2.22. The molecule has 3 rings (SSSR count). The molecule has 0 radical (unpaired) electrons. The highest BCUT2D eigenvalue weighted by molar-refractivity contribution is 7.89. The molecule has 0 saturated carbocycles. The molecule has 1 atom stereocenters. The molecule has 20 heavy (non-hydrogen) atoms. The van der Waals surface area contributed by atoms with Crippen LogP contribution in [0.5, 0.6) is 0 Å². The first kappa shape index (κ1) is 13.3. The first-order chi connectivity index (χ1) is 9.56. The van der Waals surface area contributed by atoms with E-state index in [1.807, 2.05) is 0 Å². The van der Waals surface area contributed by atoms with E-state index < -0.39 is 15.8 Å². The minimum Gasteiger partial charge on any atom is -0.469 e. The normalized spacial score (nSPS) is 18.8. The maximum Gasteiger partial charge on any atom is 0.241 e. The van der Waals surface area contributed by atoms with Crippen LogP contribution in [0.15, 0.2) is 45.9 Å². The van der Waals surface area contributed by atoms with E-state index in [1.54, 1.807) is 12.3 Å². The fourth-order valence-corrected chi connectivity index (χ4v) is 3.73. The molecule has 0 amide bonds. The lowest BCUT2D eigenvalue weighted by atomic mass is 9.94. The quantitative estimate of drug-likeness (QED) is 0.947. The Labute approximate surface area is 116 Å². The molecule has 106 valence electrons. The standard InChI is InChI=1S/C14H14FNO3S/c15-10-4-6-11(7-5-10)20(17,18)16-13-2-1-3-14-12(13)8-9-19-14/h4-9,13,16H,1-3H2/t13-/m0/s1. The number of hydrogen-bond acceptors (Lipinski definition) is 3. The van der Waals surface area contributed by atoms with E-state index >= 15 is 0 Å². The summed E-state index contributed by atoms with van der Waals surface area (Å²) in [5.41, 5.74) is 0.891. The maximum absolute atomic E-state index is 12.9. The van der Waals surface area contributed by atoms with Crippen LogP contribution >= 0.6 is 0 Å². The lowest BCUT2D eigenvalue weighted by molar-refractivity contribution is 0.438. The number of rotatable bonds is 3. The Bertz CT molecular complexity index is 706. The van der Waals surface area contributed by atoms with Crippen molar-refractivity contribution in [1.29, 1.82) is 0 Å². The third-order valence-corrected chi connectivity index (χ3v) is 4.96. The summed E-state index contributed by atoms with van der Waals surface area (Å²) in [4.78, 5) is 0.0644. The Balaban J connectivity index is 1.86. The van der Waals surface area contributed by atoms with Crippen LogP contribution in [0.3, 0.4) is 0 Å². The number of sulfonamides is 1. The number of furan rings is 1. The van der Waals surface area contributed by atoms with E-state index in [1.165, 1.54) is 12.1 Å². The largest absolute Gasteiger partial charge is 0.469 e. The molecule has 1 aliphatic carbocycles. The van der Waals surface area contributed by atoms with Gasteiger partial charge in [-0.25, -0.2) is 17.5 Å². The molecule has 0 spiro atoms. The van der Waals surface area contributed by atoms with Gasteiger partial charge in [0.1, 0.15) is 11.6 Å². The van der Waals surface area contributed by atoms with Crippen molar-refractivity contribution >= 4 is 10.0 Å². The number of aryl methyl sites for hydroxylation is 1. The van der Waals surface area contributed by atoms with Crippen LogP contribution in [0.4, 0.5) is 4.39 Å². The predicted molar refractivity (Wildman–Crippen MR) is 71.1 cm³/mol. The van der Waals surface area contributed by atoms with Crippen molar-refractivity contribution < 1.29 is 17.2 Å². The van der Waals surface area contributed by atoms with Gasteiger partial charge in [-0.2, -0.15) is 0 Å². The van der Waals surface area contributed by atoms with Crippen LogP contribution < -0.4 is 4.72 Å². The van der Waals surface area contributed by atoms with Gasteiger partial charge >= 0.3 is 0 Å². The summed E-state index contributed by atoms with van der Waals surface area (Å²) in [6.07, 6.45) is 4.01. The van der Waals surface area contributed by atoms with Gasteiger partial charge in [-0.3, -0.25) is 0 Å². The molecule has 0 bridgehead atoms. The Hall–Kier alpha value is -1.66. The molecular formula is C14H14FNO3S. The molecule has 1 N–H and O–H groups in total. The van der Waals surface area contributed by atoms with Gasteiger partial charge in [0.25, 0.3) is 0 Å². The van der Waals surface area contributed by atoms with Crippen LogP contribution in [0.25, 0.3) is 0 Å². The number of nitrogens with one attached hydrogen (secondary N) is 1. The summed E-state index contributed by atoms with van der Waals surface area (Å²) in [5.74, 6) is 0.377. The van der Waals surface area contributed by atoms with Gasteiger partial charge in [-0.1, -0.05) is 0 Å². The summed E-state index contributed by atoms with van der Waals surface area (Å²) >= 11 is 0. The highest BCUT2D eigenvalue weighted by atomic mass is 32.2. The molecular weight excluding hydrogens is 281 g/mol. The lowest BCUT2D eigenvalue weighted by Crippen LogP contribution is -2.30. The van der Waals surface area contributed by atoms with Crippen molar-refractivity contribution in [1.82, 2.24) is 4.72 Å². The number of hydrogen-bond donors (Lipinski definition) is 1. The summed E-state index contributed by atoms with van der Waals surface area (Å²) in [5, 5.41) is 0. The summed E-state index contributed by atoms with van der Waals surface area (Å²) in [6.45, 7) is 0. The topological polar surface area (TPSA) is 59.3 Å². The maximum atomic E-state index is 12.9. The molecule has 1 heterocycles. The Kier molecular flexibility index (Phi) is 3.35. The fraction of sp³-hybridized carbons (Fsp3) is 0.286. The van der Waals surface area contributed by atoms with Crippen molar-refractivity contribution in [2.75, 3.05) is 0 Å². The van der Waals surface area contributed by atoms with Crippen molar-refractivity contribution in [3.8, 4) is 0 Å². The molecule has 1 aromatic heterocycles. The Morgan fingerprint density at radius 2 is 1.95 bits per heavy atom. The molecule has 2 aromatic rings. The van der Waals surface area contributed by atoms with E-state index in [-0.39, 0.29) is 10.9 Å². The number of halogens is 1. The van der Waals surface area contributed by atoms with E-state index in [0.717, 1.165) is 42.7 Å². The SMILES string of the molecule is O=S(=O)(N[C@H]1CCCc2occc21)c1ccc(F)cc1. The summed E-state index contributed by atoms with van der Waals surface area (Å²) in [7, 11) is -3.66. The molecule has 1 aliphatic rings. The zero-order valence-corrected chi connectivity index (χ0v) is 11.5. The molecule has 6 heteroatoms. The van der Waals surface area contributed by atoms with E-state index in [0.29, 0.717) is 0 Å². The first-order valence-corrected chi connectivity index (χ1v) is 7.89. The molecule has 0 fully saturated rings. The van der Waals surface area contributed by atoms with Crippen LogP contribution in [-0.2, 0) is 16.4 Å². The van der Waals surface area contributed by atoms with Gasteiger partial charge < -0.3 is 4.42 Å².